The predicted molar refractivity (Wildman–Crippen MR) is 127 cm³/mol. The molecular formula is C20H22N6O3S3. The molecule has 1 amide bonds. The van der Waals surface area contributed by atoms with Gasteiger partial charge in [-0.25, -0.2) is 13.1 Å². The number of piperazine rings is 1. The van der Waals surface area contributed by atoms with Crippen LogP contribution in [0.5, 0.6) is 0 Å². The van der Waals surface area contributed by atoms with Crippen LogP contribution in [0.4, 0.5) is 0 Å². The summed E-state index contributed by atoms with van der Waals surface area (Å²) in [5, 5.41) is 11.8. The number of thiophene rings is 1. The lowest BCUT2D eigenvalue weighted by molar-refractivity contribution is -0.129. The van der Waals surface area contributed by atoms with Crippen molar-refractivity contribution in [3.63, 3.8) is 0 Å². The molecule has 1 aliphatic heterocycles. The highest BCUT2D eigenvalue weighted by atomic mass is 32.2. The van der Waals surface area contributed by atoms with Gasteiger partial charge in [0.1, 0.15) is 0 Å². The Hall–Kier alpha value is -2.67. The molecule has 0 bridgehead atoms. The number of benzene rings is 1. The van der Waals surface area contributed by atoms with Crippen molar-refractivity contribution >= 4 is 45.1 Å². The van der Waals surface area contributed by atoms with E-state index in [1.165, 1.54) is 37.5 Å². The van der Waals surface area contributed by atoms with Crippen molar-refractivity contribution in [2.45, 2.75) is 5.16 Å². The second-order valence-electron chi connectivity index (χ2n) is 6.98. The number of nitrogens with two attached hydrogens (primary N) is 1. The molecule has 0 aliphatic carbocycles. The van der Waals surface area contributed by atoms with Gasteiger partial charge in [-0.15, -0.1) is 21.5 Å². The zero-order valence-corrected chi connectivity index (χ0v) is 19.5. The van der Waals surface area contributed by atoms with Gasteiger partial charge in [0.25, 0.3) is 0 Å². The average molecular weight is 491 g/mol. The summed E-state index contributed by atoms with van der Waals surface area (Å²) in [5.74, 6) is 6.68. The van der Waals surface area contributed by atoms with Crippen molar-refractivity contribution in [2.24, 2.45) is 0 Å². The minimum atomic E-state index is -3.54. The summed E-state index contributed by atoms with van der Waals surface area (Å²) < 4.78 is 27.9. The molecule has 32 heavy (non-hydrogen) atoms. The molecule has 12 heteroatoms. The normalized spacial score (nSPS) is 15.4. The van der Waals surface area contributed by atoms with Gasteiger partial charge in [-0.2, -0.15) is 4.31 Å². The molecule has 0 unspecified atom stereocenters. The highest BCUT2D eigenvalue weighted by molar-refractivity contribution is 7.99. The Bertz CT molecular complexity index is 1180. The fraction of sp³-hybridized carbons (Fsp3) is 0.250. The molecule has 2 aromatic heterocycles. The topological polar surface area (TPSA) is 114 Å². The zero-order chi connectivity index (χ0) is 22.6. The molecule has 1 saturated heterocycles. The van der Waals surface area contributed by atoms with Crippen molar-refractivity contribution in [3.05, 3.63) is 58.8 Å². The van der Waals surface area contributed by atoms with Crippen LogP contribution in [0.25, 0.3) is 16.8 Å². The van der Waals surface area contributed by atoms with Gasteiger partial charge in [0, 0.05) is 31.6 Å². The van der Waals surface area contributed by atoms with Crippen LogP contribution >= 0.6 is 23.1 Å². The highest BCUT2D eigenvalue weighted by Crippen LogP contribution is 2.25. The molecule has 168 valence electrons. The van der Waals surface area contributed by atoms with E-state index in [0.29, 0.717) is 24.1 Å². The van der Waals surface area contributed by atoms with Crippen LogP contribution in [-0.4, -0.2) is 70.3 Å². The fourth-order valence-corrected chi connectivity index (χ4v) is 5.81. The number of aromatic nitrogens is 3. The SMILES string of the molecule is Nn1c(SCC(=O)N2CCN(S(=O)(=O)/C=C/c3ccccc3)CC2)nnc1-c1cccs1. The van der Waals surface area contributed by atoms with Gasteiger partial charge < -0.3 is 10.7 Å². The second-order valence-corrected chi connectivity index (χ2v) is 10.7. The first kappa shape index (κ1) is 22.5. The van der Waals surface area contributed by atoms with Crippen molar-refractivity contribution < 1.29 is 13.2 Å². The zero-order valence-electron chi connectivity index (χ0n) is 17.1. The fourth-order valence-electron chi connectivity index (χ4n) is 3.17. The first-order valence-corrected chi connectivity index (χ1v) is 13.2. The van der Waals surface area contributed by atoms with Crippen LogP contribution < -0.4 is 5.84 Å². The molecule has 0 spiro atoms. The van der Waals surface area contributed by atoms with E-state index in [0.717, 1.165) is 10.4 Å². The molecular weight excluding hydrogens is 468 g/mol. The molecule has 4 rings (SSSR count). The van der Waals surface area contributed by atoms with Crippen LogP contribution in [0.3, 0.4) is 0 Å². The molecule has 2 N–H and O–H groups in total. The maximum absolute atomic E-state index is 12.6. The van der Waals surface area contributed by atoms with Gasteiger partial charge in [-0.05, 0) is 23.1 Å². The maximum atomic E-state index is 12.6. The monoisotopic (exact) mass is 490 g/mol. The van der Waals surface area contributed by atoms with E-state index >= 15 is 0 Å². The van der Waals surface area contributed by atoms with Crippen molar-refractivity contribution in [1.82, 2.24) is 24.1 Å². The molecule has 0 radical (unpaired) electrons. The van der Waals surface area contributed by atoms with Gasteiger partial charge in [-0.3, -0.25) is 4.79 Å². The number of nitrogen functional groups attached to an aromatic ring is 1. The van der Waals surface area contributed by atoms with E-state index in [4.69, 9.17) is 5.84 Å². The summed E-state index contributed by atoms with van der Waals surface area (Å²) in [6, 6.07) is 13.1. The number of hydrogen-bond donors (Lipinski definition) is 1. The standard InChI is InChI=1S/C20H22N6O3S3/c21-26-19(17-7-4-13-30-17)22-23-20(26)31-15-18(27)24-9-11-25(12-10-24)32(28,29)14-8-16-5-2-1-3-6-16/h1-8,13-14H,9-12,15,21H2/b14-8+. The second kappa shape index (κ2) is 9.86. The van der Waals surface area contributed by atoms with Crippen LogP contribution in [0.15, 0.2) is 58.4 Å². The van der Waals surface area contributed by atoms with Gasteiger partial charge in [0.15, 0.2) is 5.82 Å². The van der Waals surface area contributed by atoms with Crippen molar-refractivity contribution in [3.8, 4) is 10.7 Å². The van der Waals surface area contributed by atoms with Gasteiger partial charge in [-0.1, -0.05) is 48.2 Å². The smallest absolute Gasteiger partial charge is 0.236 e. The Labute approximate surface area is 194 Å². The third-order valence-electron chi connectivity index (χ3n) is 4.91. The Balaban J connectivity index is 1.29. The average Bonchev–Trinajstić information content (AvgIpc) is 3.47. The molecule has 3 aromatic rings. The predicted octanol–water partition coefficient (Wildman–Crippen LogP) is 1.96. The molecule has 9 nitrogen and oxygen atoms in total. The largest absolute Gasteiger partial charge is 0.339 e. The van der Waals surface area contributed by atoms with E-state index in [2.05, 4.69) is 10.2 Å². The van der Waals surface area contributed by atoms with Crippen LogP contribution in [0.1, 0.15) is 5.56 Å². The van der Waals surface area contributed by atoms with Crippen molar-refractivity contribution in [1.29, 1.82) is 0 Å². The summed E-state index contributed by atoms with van der Waals surface area (Å²) in [6.07, 6.45) is 1.58. The number of sulfonamides is 1. The lowest BCUT2D eigenvalue weighted by Crippen LogP contribution is -2.50. The first-order chi connectivity index (χ1) is 15.4. The third kappa shape index (κ3) is 5.21. The minimum absolute atomic E-state index is 0.0902. The number of thioether (sulfide) groups is 1. The molecule has 1 aliphatic rings. The Morgan fingerprint density at radius 3 is 2.53 bits per heavy atom. The summed E-state index contributed by atoms with van der Waals surface area (Å²) in [6.45, 7) is 1.20. The number of nitrogens with zero attached hydrogens (tertiary/aromatic N) is 5. The summed E-state index contributed by atoms with van der Waals surface area (Å²) in [5.41, 5.74) is 0.817. The van der Waals surface area contributed by atoms with Crippen LogP contribution in [-0.2, 0) is 14.8 Å². The summed E-state index contributed by atoms with van der Waals surface area (Å²) in [4.78, 5) is 15.2. The van der Waals surface area contributed by atoms with Gasteiger partial charge >= 0.3 is 0 Å². The van der Waals surface area contributed by atoms with E-state index in [9.17, 15) is 13.2 Å². The van der Waals surface area contributed by atoms with Gasteiger partial charge in [0.2, 0.25) is 21.1 Å². The van der Waals surface area contributed by atoms with E-state index in [-0.39, 0.29) is 24.7 Å². The molecule has 0 saturated carbocycles. The van der Waals surface area contributed by atoms with E-state index in [1.54, 1.807) is 11.0 Å². The molecule has 3 heterocycles. The number of hydrogen-bond acceptors (Lipinski definition) is 8. The van der Waals surface area contributed by atoms with E-state index < -0.39 is 10.0 Å². The van der Waals surface area contributed by atoms with Gasteiger partial charge in [0.05, 0.1) is 10.6 Å². The summed E-state index contributed by atoms with van der Waals surface area (Å²) in [7, 11) is -3.54. The Kier molecular flexibility index (Phi) is 6.94. The minimum Gasteiger partial charge on any atom is -0.339 e. The molecule has 1 aromatic carbocycles. The molecule has 1 fully saturated rings. The third-order valence-corrected chi connectivity index (χ3v) is 8.27. The lowest BCUT2D eigenvalue weighted by Gasteiger charge is -2.33. The quantitative estimate of drug-likeness (QED) is 0.398. The number of carbonyl (C=O) groups excluding carboxylic acids is 1. The van der Waals surface area contributed by atoms with Crippen LogP contribution in [0.2, 0.25) is 0 Å². The lowest BCUT2D eigenvalue weighted by atomic mass is 10.2. The molecule has 0 atom stereocenters. The number of carbonyl (C=O) groups is 1. The summed E-state index contributed by atoms with van der Waals surface area (Å²) >= 11 is 2.72. The first-order valence-electron chi connectivity index (χ1n) is 9.82. The maximum Gasteiger partial charge on any atom is 0.236 e. The number of amides is 1. The Morgan fingerprint density at radius 1 is 1.09 bits per heavy atom. The van der Waals surface area contributed by atoms with Crippen molar-refractivity contribution in [2.75, 3.05) is 37.8 Å². The van der Waals surface area contributed by atoms with E-state index in [1.807, 2.05) is 47.8 Å². The Morgan fingerprint density at radius 2 is 1.84 bits per heavy atom. The number of rotatable bonds is 7. The van der Waals surface area contributed by atoms with Crippen LogP contribution in [0, 0.1) is 0 Å². The highest BCUT2D eigenvalue weighted by Gasteiger charge is 2.27.